The van der Waals surface area contributed by atoms with E-state index in [2.05, 4.69) is 15.5 Å². The molecule has 1 unspecified atom stereocenters. The van der Waals surface area contributed by atoms with Crippen molar-refractivity contribution in [2.24, 2.45) is 5.41 Å². The number of rotatable bonds is 11. The van der Waals surface area contributed by atoms with Gasteiger partial charge in [-0.2, -0.15) is 0 Å². The normalized spacial score (nSPS) is 24.9. The van der Waals surface area contributed by atoms with Crippen LogP contribution in [0.15, 0.2) is 48.8 Å². The fourth-order valence-corrected chi connectivity index (χ4v) is 6.10. The fraction of sp³-hybridized carbons (Fsp3) is 0.500. The number of hydrogen-bond donors (Lipinski definition) is 2. The van der Waals surface area contributed by atoms with Gasteiger partial charge in [0, 0.05) is 23.6 Å². The first-order chi connectivity index (χ1) is 17.9. The van der Waals surface area contributed by atoms with E-state index in [1.165, 1.54) is 0 Å². The first-order valence-corrected chi connectivity index (χ1v) is 12.2. The molecule has 38 heavy (non-hydrogen) atoms. The molecule has 0 amide bonds. The van der Waals surface area contributed by atoms with Crippen LogP contribution >= 0.6 is 0 Å². The SMILES string of the molecule is CN(C)C[C@H](O)COc1ccc(C23CC(C(F)(F)C(O)(Cn4cnnn4)c4ccc(F)cc4F)(C2)C3)cc1. The summed E-state index contributed by atoms with van der Waals surface area (Å²) >= 11 is 0. The maximum Gasteiger partial charge on any atom is 0.287 e. The van der Waals surface area contributed by atoms with Gasteiger partial charge in [-0.3, -0.25) is 0 Å². The maximum atomic E-state index is 16.3. The van der Waals surface area contributed by atoms with Crippen molar-refractivity contribution in [3.63, 3.8) is 0 Å². The number of aliphatic hydroxyl groups is 2. The largest absolute Gasteiger partial charge is 0.491 e. The number of aromatic nitrogens is 4. The molecular formula is C26H29F4N5O3. The van der Waals surface area contributed by atoms with E-state index in [1.54, 1.807) is 12.1 Å². The highest BCUT2D eigenvalue weighted by molar-refractivity contribution is 5.44. The number of aliphatic hydroxyl groups excluding tert-OH is 1. The maximum absolute atomic E-state index is 16.3. The zero-order valence-corrected chi connectivity index (χ0v) is 21.0. The van der Waals surface area contributed by atoms with Crippen LogP contribution in [0.3, 0.4) is 0 Å². The highest BCUT2D eigenvalue weighted by atomic mass is 19.3. The Bertz CT molecular complexity index is 1270. The van der Waals surface area contributed by atoms with Crippen LogP contribution < -0.4 is 4.74 Å². The van der Waals surface area contributed by atoms with E-state index >= 15 is 8.78 Å². The predicted octanol–water partition coefficient (Wildman–Crippen LogP) is 2.90. The standard InChI is InChI=1S/C26H29F4N5O3/c1-34(2)10-19(36)11-38-20-6-3-17(4-7-20)23-12-24(13-23,14-23)26(29,30)25(37,15-35-16-31-32-33-35)21-8-5-18(27)9-22(21)28/h3-9,16,19,36-37H,10-15H2,1-2H3/t19-,23?,24?,25?/m0/s1. The summed E-state index contributed by atoms with van der Waals surface area (Å²) in [6, 6.07) is 9.28. The highest BCUT2D eigenvalue weighted by Gasteiger charge is 2.82. The van der Waals surface area contributed by atoms with Crippen LogP contribution in [0.1, 0.15) is 30.4 Å². The summed E-state index contributed by atoms with van der Waals surface area (Å²) < 4.78 is 67.4. The summed E-state index contributed by atoms with van der Waals surface area (Å²) in [6.45, 7) is -0.229. The monoisotopic (exact) mass is 535 g/mol. The average molecular weight is 536 g/mol. The predicted molar refractivity (Wildman–Crippen MR) is 127 cm³/mol. The quantitative estimate of drug-likeness (QED) is 0.365. The smallest absolute Gasteiger partial charge is 0.287 e. The van der Waals surface area contributed by atoms with Crippen molar-refractivity contribution in [1.82, 2.24) is 25.1 Å². The Morgan fingerprint density at radius 1 is 1.11 bits per heavy atom. The molecule has 6 rings (SSSR count). The van der Waals surface area contributed by atoms with Crippen molar-refractivity contribution >= 4 is 0 Å². The van der Waals surface area contributed by atoms with Gasteiger partial charge in [-0.25, -0.2) is 22.2 Å². The van der Waals surface area contributed by atoms with Gasteiger partial charge in [0.1, 0.15) is 36.4 Å². The van der Waals surface area contributed by atoms with E-state index in [-0.39, 0.29) is 25.9 Å². The lowest BCUT2D eigenvalue weighted by atomic mass is 9.30. The fourth-order valence-electron chi connectivity index (χ4n) is 6.10. The lowest BCUT2D eigenvalue weighted by molar-refractivity contribution is -0.347. The molecule has 0 saturated heterocycles. The summed E-state index contributed by atoms with van der Waals surface area (Å²) in [5, 5.41) is 31.8. The molecule has 3 aromatic rings. The van der Waals surface area contributed by atoms with Gasteiger partial charge in [0.25, 0.3) is 5.92 Å². The van der Waals surface area contributed by atoms with Crippen molar-refractivity contribution in [1.29, 1.82) is 0 Å². The van der Waals surface area contributed by atoms with E-state index in [0.717, 1.165) is 28.7 Å². The van der Waals surface area contributed by atoms with Gasteiger partial charge in [-0.05, 0) is 79.0 Å². The summed E-state index contributed by atoms with van der Waals surface area (Å²) in [7, 11) is 3.70. The van der Waals surface area contributed by atoms with E-state index < -0.39 is 52.2 Å². The Morgan fingerprint density at radius 2 is 1.79 bits per heavy atom. The molecule has 0 spiro atoms. The Hall–Kier alpha value is -3.09. The van der Waals surface area contributed by atoms with E-state index in [4.69, 9.17) is 4.74 Å². The topological polar surface area (TPSA) is 96.5 Å². The zero-order chi connectivity index (χ0) is 27.3. The van der Waals surface area contributed by atoms with Crippen LogP contribution in [0.5, 0.6) is 5.75 Å². The number of benzene rings is 2. The van der Waals surface area contributed by atoms with Crippen molar-refractivity contribution < 1.29 is 32.5 Å². The molecule has 1 heterocycles. The first-order valence-electron chi connectivity index (χ1n) is 12.2. The molecular weight excluding hydrogens is 506 g/mol. The summed E-state index contributed by atoms with van der Waals surface area (Å²) in [5.74, 6) is -5.44. The lowest BCUT2D eigenvalue weighted by Crippen LogP contribution is -2.76. The number of alkyl halides is 2. The van der Waals surface area contributed by atoms with Gasteiger partial charge in [0.05, 0.1) is 6.54 Å². The van der Waals surface area contributed by atoms with Crippen LogP contribution in [0.4, 0.5) is 17.6 Å². The van der Waals surface area contributed by atoms with E-state index in [1.807, 2.05) is 31.1 Å². The van der Waals surface area contributed by atoms with Crippen LogP contribution in [0.25, 0.3) is 0 Å². The third-order valence-electron chi connectivity index (χ3n) is 7.86. The molecule has 2 atom stereocenters. The van der Waals surface area contributed by atoms with Crippen molar-refractivity contribution in [2.45, 2.75) is 48.8 Å². The van der Waals surface area contributed by atoms with E-state index in [0.29, 0.717) is 18.4 Å². The van der Waals surface area contributed by atoms with E-state index in [9.17, 15) is 19.0 Å². The first kappa shape index (κ1) is 26.5. The van der Waals surface area contributed by atoms with Crippen molar-refractivity contribution in [3.05, 3.63) is 71.6 Å². The van der Waals surface area contributed by atoms with Gasteiger partial charge in [-0.15, -0.1) is 5.10 Å². The molecule has 2 N–H and O–H groups in total. The average Bonchev–Trinajstić information content (AvgIpc) is 3.28. The summed E-state index contributed by atoms with van der Waals surface area (Å²) in [4.78, 5) is 1.85. The minimum Gasteiger partial charge on any atom is -0.491 e. The third kappa shape index (κ3) is 4.24. The van der Waals surface area contributed by atoms with Gasteiger partial charge in [0.2, 0.25) is 0 Å². The van der Waals surface area contributed by atoms with Gasteiger partial charge >= 0.3 is 0 Å². The van der Waals surface area contributed by atoms with Gasteiger partial charge in [-0.1, -0.05) is 12.1 Å². The molecule has 3 saturated carbocycles. The molecule has 8 nitrogen and oxygen atoms in total. The van der Waals surface area contributed by atoms with Crippen molar-refractivity contribution in [2.75, 3.05) is 27.2 Å². The number of halogens is 4. The molecule has 3 fully saturated rings. The van der Waals surface area contributed by atoms with Crippen LogP contribution in [0.2, 0.25) is 0 Å². The second-order valence-electron chi connectivity index (χ2n) is 10.9. The summed E-state index contributed by atoms with van der Waals surface area (Å²) in [6.07, 6.45) is 0.678. The number of hydrogen-bond acceptors (Lipinski definition) is 7. The minimum atomic E-state index is -3.78. The minimum absolute atomic E-state index is 0.0927. The summed E-state index contributed by atoms with van der Waals surface area (Å²) in [5.41, 5.74) is -4.91. The Morgan fingerprint density at radius 3 is 2.37 bits per heavy atom. The molecule has 1 aromatic heterocycles. The Balaban J connectivity index is 1.33. The Labute approximate surface area is 216 Å². The molecule has 0 radical (unpaired) electrons. The van der Waals surface area contributed by atoms with Crippen molar-refractivity contribution in [3.8, 4) is 5.75 Å². The zero-order valence-electron chi connectivity index (χ0n) is 21.0. The molecule has 3 aliphatic rings. The Kier molecular flexibility index (Phi) is 6.48. The van der Waals surface area contributed by atoms with Crippen LogP contribution in [-0.4, -0.2) is 74.6 Å². The molecule has 3 aliphatic carbocycles. The molecule has 0 aliphatic heterocycles. The van der Waals surface area contributed by atoms with Gasteiger partial charge < -0.3 is 19.8 Å². The second kappa shape index (κ2) is 9.28. The highest BCUT2D eigenvalue weighted by Crippen LogP contribution is 2.80. The second-order valence-corrected chi connectivity index (χ2v) is 10.9. The van der Waals surface area contributed by atoms with Crippen LogP contribution in [-0.2, 0) is 17.6 Å². The molecule has 204 valence electrons. The number of likely N-dealkylation sites (N-methyl/N-ethyl adjacent to an activating group) is 1. The molecule has 2 aromatic carbocycles. The number of nitrogens with zero attached hydrogens (tertiary/aromatic N) is 5. The third-order valence-corrected chi connectivity index (χ3v) is 7.86. The van der Waals surface area contributed by atoms with Crippen LogP contribution in [0, 0.1) is 17.0 Å². The molecule has 12 heteroatoms. The molecule has 2 bridgehead atoms. The van der Waals surface area contributed by atoms with Gasteiger partial charge in [0.15, 0.2) is 5.60 Å². The number of ether oxygens (including phenoxy) is 1. The lowest BCUT2D eigenvalue weighted by Gasteiger charge is -2.74. The number of tetrazole rings is 1.